The Morgan fingerprint density at radius 3 is 2.50 bits per heavy atom. The van der Waals surface area contributed by atoms with Crippen molar-refractivity contribution in [2.75, 3.05) is 38.5 Å². The molecular formula is C21H21N3O7S. The summed E-state index contributed by atoms with van der Waals surface area (Å²) in [6.07, 6.45) is 1.41. The van der Waals surface area contributed by atoms with E-state index in [1.807, 2.05) is 0 Å². The zero-order valence-corrected chi connectivity index (χ0v) is 17.8. The quantitative estimate of drug-likeness (QED) is 0.542. The van der Waals surface area contributed by atoms with Gasteiger partial charge in [-0.3, -0.25) is 9.59 Å². The molecule has 0 atom stereocenters. The van der Waals surface area contributed by atoms with Gasteiger partial charge in [0, 0.05) is 38.1 Å². The number of hydrogen-bond donors (Lipinski definition) is 1. The number of sulfonamides is 1. The van der Waals surface area contributed by atoms with E-state index in [2.05, 4.69) is 5.32 Å². The van der Waals surface area contributed by atoms with E-state index in [-0.39, 0.29) is 55.7 Å². The molecule has 4 rings (SSSR count). The molecule has 2 amide bonds. The molecule has 11 heteroatoms. The van der Waals surface area contributed by atoms with E-state index in [0.717, 1.165) is 0 Å². The van der Waals surface area contributed by atoms with Gasteiger partial charge >= 0.3 is 5.63 Å². The fraction of sp³-hybridized carbons (Fsp3) is 0.286. The van der Waals surface area contributed by atoms with Crippen molar-refractivity contribution >= 4 is 32.8 Å². The van der Waals surface area contributed by atoms with Gasteiger partial charge in [0.2, 0.25) is 10.0 Å². The lowest BCUT2D eigenvalue weighted by atomic mass is 10.2. The molecule has 0 bridgehead atoms. The summed E-state index contributed by atoms with van der Waals surface area (Å²) in [4.78, 5) is 38.3. The fourth-order valence-corrected chi connectivity index (χ4v) is 4.80. The first-order chi connectivity index (χ1) is 15.3. The van der Waals surface area contributed by atoms with Crippen LogP contribution in [0.15, 0.2) is 62.4 Å². The Balaban J connectivity index is 1.31. The minimum atomic E-state index is -3.65. The number of carbonyl (C=O) groups is 2. The van der Waals surface area contributed by atoms with Gasteiger partial charge in [0.05, 0.1) is 12.0 Å². The zero-order valence-electron chi connectivity index (χ0n) is 17.0. The van der Waals surface area contributed by atoms with E-state index in [9.17, 15) is 22.8 Å². The molecule has 0 unspecified atom stereocenters. The van der Waals surface area contributed by atoms with Gasteiger partial charge in [-0.25, -0.2) is 13.2 Å². The highest BCUT2D eigenvalue weighted by Gasteiger charge is 2.30. The lowest BCUT2D eigenvalue weighted by Crippen LogP contribution is -2.51. The number of amides is 2. The molecule has 168 valence electrons. The van der Waals surface area contributed by atoms with Gasteiger partial charge in [0.1, 0.15) is 11.1 Å². The highest BCUT2D eigenvalue weighted by atomic mass is 32.2. The lowest BCUT2D eigenvalue weighted by Gasteiger charge is -2.33. The third-order valence-electron chi connectivity index (χ3n) is 5.18. The molecule has 1 aliphatic rings. The molecule has 1 aromatic carbocycles. The Kier molecular flexibility index (Phi) is 6.10. The van der Waals surface area contributed by atoms with Crippen LogP contribution in [0.1, 0.15) is 20.9 Å². The SMILES string of the molecule is O=C(NCCS(=O)(=O)N1CCN(C(=O)c2ccco2)CC1)c1cc2ccccc2oc1=O. The van der Waals surface area contributed by atoms with Crippen molar-refractivity contribution in [3.63, 3.8) is 0 Å². The normalized spacial score (nSPS) is 15.1. The van der Waals surface area contributed by atoms with Gasteiger partial charge < -0.3 is 19.1 Å². The first-order valence-electron chi connectivity index (χ1n) is 9.97. The van der Waals surface area contributed by atoms with Crippen LogP contribution in [0.4, 0.5) is 0 Å². The van der Waals surface area contributed by atoms with Crippen LogP contribution >= 0.6 is 0 Å². The van der Waals surface area contributed by atoms with Gasteiger partial charge in [0.25, 0.3) is 11.8 Å². The number of nitrogens with one attached hydrogen (secondary N) is 1. The van der Waals surface area contributed by atoms with Crippen LogP contribution in [0.2, 0.25) is 0 Å². The topological polar surface area (TPSA) is 130 Å². The number of nitrogens with zero attached hydrogens (tertiary/aromatic N) is 2. The van der Waals surface area contributed by atoms with Crippen LogP contribution in [0.5, 0.6) is 0 Å². The molecule has 1 saturated heterocycles. The predicted molar refractivity (Wildman–Crippen MR) is 115 cm³/mol. The first-order valence-corrected chi connectivity index (χ1v) is 11.6. The summed E-state index contributed by atoms with van der Waals surface area (Å²) >= 11 is 0. The maximum Gasteiger partial charge on any atom is 0.349 e. The Hall–Kier alpha value is -3.44. The van der Waals surface area contributed by atoms with Crippen molar-refractivity contribution in [1.82, 2.24) is 14.5 Å². The molecule has 0 aliphatic carbocycles. The second-order valence-electron chi connectivity index (χ2n) is 7.23. The number of carbonyl (C=O) groups excluding carboxylic acids is 2. The van der Waals surface area contributed by atoms with Crippen LogP contribution < -0.4 is 10.9 Å². The summed E-state index contributed by atoms with van der Waals surface area (Å²) in [5, 5.41) is 3.05. The molecule has 1 N–H and O–H groups in total. The smallest absolute Gasteiger partial charge is 0.349 e. The Labute approximate surface area is 183 Å². The maximum atomic E-state index is 12.6. The lowest BCUT2D eigenvalue weighted by molar-refractivity contribution is 0.0665. The van der Waals surface area contributed by atoms with Gasteiger partial charge in [0.15, 0.2) is 5.76 Å². The summed E-state index contributed by atoms with van der Waals surface area (Å²) in [5.74, 6) is -1.10. The molecule has 1 fully saturated rings. The summed E-state index contributed by atoms with van der Waals surface area (Å²) in [5.41, 5.74) is -0.617. The van der Waals surface area contributed by atoms with Crippen molar-refractivity contribution < 1.29 is 26.8 Å². The summed E-state index contributed by atoms with van der Waals surface area (Å²) in [7, 11) is -3.65. The highest BCUT2D eigenvalue weighted by Crippen LogP contribution is 2.14. The van der Waals surface area contributed by atoms with Crippen molar-refractivity contribution in [3.05, 3.63) is 70.5 Å². The predicted octanol–water partition coefficient (Wildman–Crippen LogP) is 0.904. The van der Waals surface area contributed by atoms with E-state index in [4.69, 9.17) is 8.83 Å². The average molecular weight is 459 g/mol. The molecular weight excluding hydrogens is 438 g/mol. The number of piperazine rings is 1. The number of furan rings is 1. The van der Waals surface area contributed by atoms with Crippen LogP contribution in [0.3, 0.4) is 0 Å². The fourth-order valence-electron chi connectivity index (χ4n) is 3.46. The standard InChI is InChI=1S/C21H21N3O7S/c25-19(16-14-15-4-1-2-5-17(15)31-21(16)27)22-7-13-32(28,29)24-10-8-23(9-11-24)20(26)18-6-3-12-30-18/h1-6,12,14H,7-11,13H2,(H,22,25). The Morgan fingerprint density at radius 1 is 1.03 bits per heavy atom. The second kappa shape index (κ2) is 8.97. The van der Waals surface area contributed by atoms with Crippen LogP contribution in [-0.4, -0.2) is 67.9 Å². The highest BCUT2D eigenvalue weighted by molar-refractivity contribution is 7.89. The van der Waals surface area contributed by atoms with Gasteiger partial charge in [-0.2, -0.15) is 4.31 Å². The molecule has 0 spiro atoms. The van der Waals surface area contributed by atoms with Crippen molar-refractivity contribution in [1.29, 1.82) is 0 Å². The minimum absolute atomic E-state index is 0.150. The molecule has 32 heavy (non-hydrogen) atoms. The zero-order chi connectivity index (χ0) is 22.7. The van der Waals surface area contributed by atoms with Crippen LogP contribution in [0.25, 0.3) is 11.0 Å². The van der Waals surface area contributed by atoms with Crippen molar-refractivity contribution in [2.45, 2.75) is 0 Å². The van der Waals surface area contributed by atoms with Gasteiger partial charge in [-0.1, -0.05) is 18.2 Å². The molecule has 3 heterocycles. The Bertz CT molecular complexity index is 1290. The first kappa shape index (κ1) is 21.8. The number of rotatable bonds is 6. The van der Waals surface area contributed by atoms with E-state index < -0.39 is 21.6 Å². The summed E-state index contributed by atoms with van der Waals surface area (Å²) < 4.78 is 36.8. The molecule has 2 aromatic heterocycles. The van der Waals surface area contributed by atoms with E-state index in [1.54, 1.807) is 36.4 Å². The second-order valence-corrected chi connectivity index (χ2v) is 9.31. The average Bonchev–Trinajstić information content (AvgIpc) is 3.33. The van der Waals surface area contributed by atoms with E-state index >= 15 is 0 Å². The number of para-hydroxylation sites is 1. The maximum absolute atomic E-state index is 12.6. The van der Waals surface area contributed by atoms with Gasteiger partial charge in [-0.05, 0) is 24.3 Å². The van der Waals surface area contributed by atoms with Gasteiger partial charge in [-0.15, -0.1) is 0 Å². The summed E-state index contributed by atoms with van der Waals surface area (Å²) in [6.45, 7) is 0.611. The monoisotopic (exact) mass is 459 g/mol. The molecule has 0 saturated carbocycles. The van der Waals surface area contributed by atoms with Crippen molar-refractivity contribution in [3.8, 4) is 0 Å². The molecule has 0 radical (unpaired) electrons. The third-order valence-corrected chi connectivity index (χ3v) is 7.05. The van der Waals surface area contributed by atoms with Crippen molar-refractivity contribution in [2.24, 2.45) is 0 Å². The van der Waals surface area contributed by atoms with Crippen LogP contribution in [0, 0.1) is 0 Å². The van der Waals surface area contributed by atoms with Crippen LogP contribution in [-0.2, 0) is 10.0 Å². The number of hydrogen-bond acceptors (Lipinski definition) is 7. The summed E-state index contributed by atoms with van der Waals surface area (Å²) in [6, 6.07) is 11.4. The molecule has 1 aliphatic heterocycles. The number of benzene rings is 1. The third kappa shape index (κ3) is 4.58. The molecule has 3 aromatic rings. The minimum Gasteiger partial charge on any atom is -0.459 e. The largest absolute Gasteiger partial charge is 0.459 e. The Morgan fingerprint density at radius 2 is 1.78 bits per heavy atom. The van der Waals surface area contributed by atoms with E-state index in [1.165, 1.54) is 21.5 Å². The number of fused-ring (bicyclic) bond motifs is 1. The molecule has 10 nitrogen and oxygen atoms in total. The van der Waals surface area contributed by atoms with E-state index in [0.29, 0.717) is 11.0 Å².